The molecule has 7 nitrogen and oxygen atoms in total. The fraction of sp³-hybridized carbons (Fsp3) is 0.409. The summed E-state index contributed by atoms with van der Waals surface area (Å²) in [4.78, 5) is 32.0. The van der Waals surface area contributed by atoms with Crippen LogP contribution in [0, 0.1) is 12.8 Å². The molecule has 1 aromatic heterocycles. The summed E-state index contributed by atoms with van der Waals surface area (Å²) in [5.41, 5.74) is 2.14. The van der Waals surface area contributed by atoms with Crippen molar-refractivity contribution in [1.82, 2.24) is 10.3 Å². The topological polar surface area (TPSA) is 83.6 Å². The molecule has 2 aromatic rings. The Morgan fingerprint density at radius 2 is 1.90 bits per heavy atom. The number of morpholine rings is 1. The Bertz CT molecular complexity index is 845. The van der Waals surface area contributed by atoms with Crippen LogP contribution in [-0.2, 0) is 9.53 Å². The van der Waals surface area contributed by atoms with Crippen molar-refractivity contribution in [2.45, 2.75) is 26.8 Å². The molecule has 2 heterocycles. The second kappa shape index (κ2) is 9.52. The first kappa shape index (κ1) is 20.8. The first-order chi connectivity index (χ1) is 13.9. The Kier molecular flexibility index (Phi) is 6.82. The number of anilines is 2. The average Bonchev–Trinajstić information content (AvgIpc) is 2.72. The summed E-state index contributed by atoms with van der Waals surface area (Å²) in [6.45, 7) is 8.73. The number of pyridine rings is 1. The van der Waals surface area contributed by atoms with Gasteiger partial charge in [-0.15, -0.1) is 0 Å². The minimum atomic E-state index is -0.651. The number of nitrogens with one attached hydrogen (secondary N) is 2. The molecule has 0 radical (unpaired) electrons. The summed E-state index contributed by atoms with van der Waals surface area (Å²) in [5, 5.41) is 5.71. The molecule has 0 aliphatic carbocycles. The third-order valence-electron chi connectivity index (χ3n) is 4.87. The van der Waals surface area contributed by atoms with E-state index in [-0.39, 0.29) is 17.7 Å². The van der Waals surface area contributed by atoms with E-state index >= 15 is 0 Å². The monoisotopic (exact) mass is 396 g/mol. The van der Waals surface area contributed by atoms with Crippen LogP contribution in [-0.4, -0.2) is 49.1 Å². The Balaban J connectivity index is 1.64. The highest BCUT2D eigenvalue weighted by molar-refractivity contribution is 6.01. The summed E-state index contributed by atoms with van der Waals surface area (Å²) in [5.74, 6) is 0.272. The van der Waals surface area contributed by atoms with Crippen LogP contribution in [0.25, 0.3) is 0 Å². The van der Waals surface area contributed by atoms with E-state index in [1.54, 1.807) is 18.3 Å². The van der Waals surface area contributed by atoms with E-state index in [0.29, 0.717) is 24.5 Å². The number of ether oxygens (including phenoxy) is 1. The summed E-state index contributed by atoms with van der Waals surface area (Å²) in [7, 11) is 0. The second-order valence-electron chi connectivity index (χ2n) is 7.56. The van der Waals surface area contributed by atoms with Gasteiger partial charge in [0.2, 0.25) is 5.91 Å². The van der Waals surface area contributed by atoms with Gasteiger partial charge in [-0.05, 0) is 37.1 Å². The van der Waals surface area contributed by atoms with Crippen molar-refractivity contribution in [3.05, 3.63) is 53.7 Å². The van der Waals surface area contributed by atoms with Gasteiger partial charge in [0, 0.05) is 18.7 Å². The van der Waals surface area contributed by atoms with Crippen LogP contribution in [0.4, 0.5) is 11.5 Å². The molecule has 0 bridgehead atoms. The van der Waals surface area contributed by atoms with Gasteiger partial charge in [0.15, 0.2) is 0 Å². The molecule has 154 valence electrons. The normalized spacial score (nSPS) is 15.1. The Hall–Kier alpha value is -2.93. The lowest BCUT2D eigenvalue weighted by molar-refractivity contribution is -0.118. The number of carbonyl (C=O) groups excluding carboxylic acids is 2. The molecule has 3 rings (SSSR count). The first-order valence-electron chi connectivity index (χ1n) is 9.91. The molecule has 0 saturated carbocycles. The lowest BCUT2D eigenvalue weighted by Crippen LogP contribution is -2.47. The van der Waals surface area contributed by atoms with Crippen molar-refractivity contribution in [2.75, 3.05) is 36.5 Å². The largest absolute Gasteiger partial charge is 0.378 e. The third-order valence-corrected chi connectivity index (χ3v) is 4.87. The molecule has 1 aliphatic rings. The zero-order valence-corrected chi connectivity index (χ0v) is 17.1. The molecule has 2 amide bonds. The predicted octanol–water partition coefficient (Wildman–Crippen LogP) is 2.62. The number of hydrogen-bond donors (Lipinski definition) is 2. The van der Waals surface area contributed by atoms with Crippen molar-refractivity contribution in [3.8, 4) is 0 Å². The highest BCUT2D eigenvalue weighted by Gasteiger charge is 2.25. The van der Waals surface area contributed by atoms with Gasteiger partial charge in [0.05, 0.1) is 25.1 Å². The quantitative estimate of drug-likeness (QED) is 0.784. The molecule has 7 heteroatoms. The molecular weight excluding hydrogens is 368 g/mol. The molecular formula is C22H28N4O3. The highest BCUT2D eigenvalue weighted by atomic mass is 16.5. The zero-order valence-electron chi connectivity index (χ0n) is 17.1. The van der Waals surface area contributed by atoms with Crippen LogP contribution < -0.4 is 15.5 Å². The molecule has 0 unspecified atom stereocenters. The molecule has 1 atom stereocenters. The number of benzene rings is 1. The van der Waals surface area contributed by atoms with Gasteiger partial charge in [0.25, 0.3) is 5.91 Å². The van der Waals surface area contributed by atoms with Crippen LogP contribution in [0.15, 0.2) is 42.6 Å². The third kappa shape index (κ3) is 5.54. The minimum absolute atomic E-state index is 0.0654. The standard InChI is InChI=1S/C22H28N4O3/c1-15(2)20(25-21(27)17-6-4-5-16(3)13-17)22(28)24-18-7-8-19(23-14-18)26-9-11-29-12-10-26/h4-8,13-15,20H,9-12H2,1-3H3,(H,24,28)(H,25,27)/t20-/m1/s1. The van der Waals surface area contributed by atoms with Gasteiger partial charge in [0.1, 0.15) is 11.9 Å². The van der Waals surface area contributed by atoms with Gasteiger partial charge in [-0.25, -0.2) is 4.98 Å². The molecule has 1 saturated heterocycles. The SMILES string of the molecule is Cc1cccc(C(=O)N[C@@H](C(=O)Nc2ccc(N3CCOCC3)nc2)C(C)C)c1. The maximum absolute atomic E-state index is 12.8. The molecule has 29 heavy (non-hydrogen) atoms. The predicted molar refractivity (Wildman–Crippen MR) is 113 cm³/mol. The molecule has 1 aromatic carbocycles. The maximum atomic E-state index is 12.8. The van der Waals surface area contributed by atoms with E-state index in [2.05, 4.69) is 20.5 Å². The van der Waals surface area contributed by atoms with Crippen molar-refractivity contribution in [2.24, 2.45) is 5.92 Å². The first-order valence-corrected chi connectivity index (χ1v) is 9.91. The zero-order chi connectivity index (χ0) is 20.8. The minimum Gasteiger partial charge on any atom is -0.378 e. The van der Waals surface area contributed by atoms with Crippen LogP contribution in [0.5, 0.6) is 0 Å². The van der Waals surface area contributed by atoms with Gasteiger partial charge >= 0.3 is 0 Å². The van der Waals surface area contributed by atoms with Crippen LogP contribution in [0.1, 0.15) is 29.8 Å². The van der Waals surface area contributed by atoms with Crippen LogP contribution in [0.2, 0.25) is 0 Å². The second-order valence-corrected chi connectivity index (χ2v) is 7.56. The van der Waals surface area contributed by atoms with Crippen molar-refractivity contribution in [1.29, 1.82) is 0 Å². The highest BCUT2D eigenvalue weighted by Crippen LogP contribution is 2.16. The van der Waals surface area contributed by atoms with Crippen molar-refractivity contribution in [3.63, 3.8) is 0 Å². The van der Waals surface area contributed by atoms with Gasteiger partial charge < -0.3 is 20.3 Å². The number of aromatic nitrogens is 1. The Morgan fingerprint density at radius 3 is 2.52 bits per heavy atom. The number of carbonyl (C=O) groups is 2. The molecule has 1 aliphatic heterocycles. The number of rotatable bonds is 6. The van der Waals surface area contributed by atoms with E-state index in [0.717, 1.165) is 24.5 Å². The van der Waals surface area contributed by atoms with Crippen LogP contribution >= 0.6 is 0 Å². The van der Waals surface area contributed by atoms with Crippen molar-refractivity contribution < 1.29 is 14.3 Å². The summed E-state index contributed by atoms with van der Waals surface area (Å²) in [6, 6.07) is 10.4. The smallest absolute Gasteiger partial charge is 0.251 e. The maximum Gasteiger partial charge on any atom is 0.251 e. The molecule has 2 N–H and O–H groups in total. The summed E-state index contributed by atoms with van der Waals surface area (Å²) < 4.78 is 5.36. The van der Waals surface area contributed by atoms with Crippen molar-refractivity contribution >= 4 is 23.3 Å². The number of amides is 2. The lowest BCUT2D eigenvalue weighted by atomic mass is 10.0. The Morgan fingerprint density at radius 1 is 1.14 bits per heavy atom. The van der Waals surface area contributed by atoms with E-state index < -0.39 is 6.04 Å². The Labute approximate surface area is 171 Å². The van der Waals surface area contributed by atoms with E-state index in [4.69, 9.17) is 4.74 Å². The average molecular weight is 396 g/mol. The van der Waals surface area contributed by atoms with E-state index in [9.17, 15) is 9.59 Å². The molecule has 1 fully saturated rings. The van der Waals surface area contributed by atoms with E-state index in [1.807, 2.05) is 45.0 Å². The lowest BCUT2D eigenvalue weighted by Gasteiger charge is -2.27. The fourth-order valence-electron chi connectivity index (χ4n) is 3.21. The summed E-state index contributed by atoms with van der Waals surface area (Å²) in [6.07, 6.45) is 1.64. The van der Waals surface area contributed by atoms with Gasteiger partial charge in [-0.3, -0.25) is 9.59 Å². The fourth-order valence-corrected chi connectivity index (χ4v) is 3.21. The van der Waals surface area contributed by atoms with Crippen LogP contribution in [0.3, 0.4) is 0 Å². The van der Waals surface area contributed by atoms with Gasteiger partial charge in [-0.1, -0.05) is 31.5 Å². The number of nitrogens with zero attached hydrogens (tertiary/aromatic N) is 2. The molecule has 0 spiro atoms. The summed E-state index contributed by atoms with van der Waals surface area (Å²) >= 11 is 0. The number of aryl methyl sites for hydroxylation is 1. The van der Waals surface area contributed by atoms with Gasteiger partial charge in [-0.2, -0.15) is 0 Å². The van der Waals surface area contributed by atoms with E-state index in [1.165, 1.54) is 0 Å². The number of hydrogen-bond acceptors (Lipinski definition) is 5.